The van der Waals surface area contributed by atoms with Gasteiger partial charge in [-0.1, -0.05) is 18.2 Å². The van der Waals surface area contributed by atoms with Crippen molar-refractivity contribution in [3.8, 4) is 5.75 Å². The number of nitrogens with one attached hydrogen (secondary N) is 2. The van der Waals surface area contributed by atoms with Crippen molar-refractivity contribution in [3.05, 3.63) is 29.8 Å². The summed E-state index contributed by atoms with van der Waals surface area (Å²) in [6.45, 7) is 2.17. The van der Waals surface area contributed by atoms with Crippen molar-refractivity contribution in [1.29, 1.82) is 0 Å². The van der Waals surface area contributed by atoms with Gasteiger partial charge < -0.3 is 25.2 Å². The second-order valence-corrected chi connectivity index (χ2v) is 8.55. The van der Waals surface area contributed by atoms with E-state index < -0.39 is 0 Å². The van der Waals surface area contributed by atoms with Crippen molar-refractivity contribution < 1.29 is 14.3 Å². The number of hydrogen-bond acceptors (Lipinski definition) is 4. The minimum absolute atomic E-state index is 0.0561. The fourth-order valence-electron chi connectivity index (χ4n) is 4.02. The molecule has 2 unspecified atom stereocenters. The van der Waals surface area contributed by atoms with Crippen molar-refractivity contribution >= 4 is 17.8 Å². The highest BCUT2D eigenvalue weighted by Crippen LogP contribution is 2.33. The molecule has 1 saturated heterocycles. The largest absolute Gasteiger partial charge is 0.493 e. The van der Waals surface area contributed by atoms with Crippen molar-refractivity contribution in [3.63, 3.8) is 0 Å². The van der Waals surface area contributed by atoms with Crippen molar-refractivity contribution in [2.75, 3.05) is 40.3 Å². The third-order valence-electron chi connectivity index (χ3n) is 5.93. The molecule has 2 amide bonds. The SMILES string of the molecule is CN(C)C(=O)CN=C(NCC1CC(=O)N(C2CC2)C1)NC1CCOc2ccccc21. The van der Waals surface area contributed by atoms with Crippen LogP contribution in [0.4, 0.5) is 0 Å². The first kappa shape index (κ1) is 20.5. The molecular weight excluding hydrogens is 382 g/mol. The van der Waals surface area contributed by atoms with Crippen LogP contribution in [-0.2, 0) is 9.59 Å². The molecule has 0 aromatic heterocycles. The maximum atomic E-state index is 12.2. The summed E-state index contributed by atoms with van der Waals surface area (Å²) < 4.78 is 5.75. The minimum atomic E-state index is -0.0561. The van der Waals surface area contributed by atoms with Gasteiger partial charge in [0.15, 0.2) is 5.96 Å². The Balaban J connectivity index is 1.41. The summed E-state index contributed by atoms with van der Waals surface area (Å²) >= 11 is 0. The number of likely N-dealkylation sites (tertiary alicyclic amines) is 1. The number of guanidine groups is 1. The van der Waals surface area contributed by atoms with Crippen molar-refractivity contribution in [2.24, 2.45) is 10.9 Å². The van der Waals surface area contributed by atoms with Crippen LogP contribution in [0.5, 0.6) is 5.75 Å². The van der Waals surface area contributed by atoms with Gasteiger partial charge in [0.2, 0.25) is 11.8 Å². The zero-order chi connectivity index (χ0) is 21.1. The Kier molecular flexibility index (Phi) is 6.11. The molecule has 1 aliphatic carbocycles. The minimum Gasteiger partial charge on any atom is -0.493 e. The lowest BCUT2D eigenvalue weighted by atomic mass is 10.0. The number of fused-ring (bicyclic) bond motifs is 1. The molecule has 2 atom stereocenters. The third-order valence-corrected chi connectivity index (χ3v) is 5.93. The van der Waals surface area contributed by atoms with Crippen LogP contribution in [0, 0.1) is 5.92 Å². The molecule has 0 spiro atoms. The van der Waals surface area contributed by atoms with Gasteiger partial charge in [0.25, 0.3) is 0 Å². The molecule has 2 fully saturated rings. The van der Waals surface area contributed by atoms with Gasteiger partial charge in [-0.3, -0.25) is 9.59 Å². The van der Waals surface area contributed by atoms with E-state index in [0.29, 0.717) is 31.6 Å². The Hall–Kier alpha value is -2.77. The van der Waals surface area contributed by atoms with Crippen LogP contribution in [0.1, 0.15) is 37.3 Å². The molecule has 162 valence electrons. The normalized spacial score (nSPS) is 23.6. The van der Waals surface area contributed by atoms with Gasteiger partial charge in [0, 0.05) is 57.5 Å². The topological polar surface area (TPSA) is 86.3 Å². The van der Waals surface area contributed by atoms with E-state index in [2.05, 4.69) is 21.7 Å². The second kappa shape index (κ2) is 8.93. The summed E-state index contributed by atoms with van der Waals surface area (Å²) in [4.78, 5) is 32.4. The smallest absolute Gasteiger partial charge is 0.243 e. The molecular formula is C22H31N5O3. The van der Waals surface area contributed by atoms with Crippen molar-refractivity contribution in [2.45, 2.75) is 37.8 Å². The van der Waals surface area contributed by atoms with E-state index in [9.17, 15) is 9.59 Å². The number of benzene rings is 1. The van der Waals surface area contributed by atoms with E-state index in [-0.39, 0.29) is 30.3 Å². The van der Waals surface area contributed by atoms with E-state index in [1.807, 2.05) is 23.1 Å². The number of hydrogen-bond donors (Lipinski definition) is 2. The summed E-state index contributed by atoms with van der Waals surface area (Å²) in [5.74, 6) is 1.95. The highest BCUT2D eigenvalue weighted by atomic mass is 16.5. The van der Waals surface area contributed by atoms with Crippen LogP contribution in [0.15, 0.2) is 29.3 Å². The maximum absolute atomic E-state index is 12.2. The van der Waals surface area contributed by atoms with E-state index in [1.165, 1.54) is 4.90 Å². The number of amides is 2. The average Bonchev–Trinajstić information content (AvgIpc) is 3.52. The van der Waals surface area contributed by atoms with Crippen LogP contribution in [0.2, 0.25) is 0 Å². The Bertz CT molecular complexity index is 821. The van der Waals surface area contributed by atoms with Crippen LogP contribution < -0.4 is 15.4 Å². The van der Waals surface area contributed by atoms with Gasteiger partial charge >= 0.3 is 0 Å². The number of para-hydroxylation sites is 1. The first-order chi connectivity index (χ1) is 14.5. The Morgan fingerprint density at radius 1 is 1.27 bits per heavy atom. The van der Waals surface area contributed by atoms with E-state index in [4.69, 9.17) is 4.74 Å². The van der Waals surface area contributed by atoms with E-state index in [1.54, 1.807) is 14.1 Å². The predicted octanol–water partition coefficient (Wildman–Crippen LogP) is 1.14. The first-order valence-electron chi connectivity index (χ1n) is 10.8. The molecule has 2 aliphatic heterocycles. The number of ether oxygens (including phenoxy) is 1. The quantitative estimate of drug-likeness (QED) is 0.540. The molecule has 0 radical (unpaired) electrons. The molecule has 0 bridgehead atoms. The highest BCUT2D eigenvalue weighted by Gasteiger charge is 2.39. The molecule has 30 heavy (non-hydrogen) atoms. The van der Waals surface area contributed by atoms with Crippen LogP contribution in [0.3, 0.4) is 0 Å². The Morgan fingerprint density at radius 2 is 2.07 bits per heavy atom. The first-order valence-corrected chi connectivity index (χ1v) is 10.8. The summed E-state index contributed by atoms with van der Waals surface area (Å²) in [6, 6.07) is 8.51. The monoisotopic (exact) mass is 413 g/mol. The number of aliphatic imine (C=N–C) groups is 1. The lowest BCUT2D eigenvalue weighted by Gasteiger charge is -2.28. The molecule has 1 aromatic rings. The van der Waals surface area contributed by atoms with E-state index >= 15 is 0 Å². The van der Waals surface area contributed by atoms with Gasteiger partial charge in [-0.25, -0.2) is 4.99 Å². The number of carbonyl (C=O) groups excluding carboxylic acids is 2. The van der Waals surface area contributed by atoms with E-state index in [0.717, 1.165) is 37.1 Å². The second-order valence-electron chi connectivity index (χ2n) is 8.55. The molecule has 2 N–H and O–H groups in total. The molecule has 8 heteroatoms. The Labute approximate surface area is 177 Å². The zero-order valence-electron chi connectivity index (χ0n) is 17.8. The van der Waals surface area contributed by atoms with Crippen LogP contribution >= 0.6 is 0 Å². The van der Waals surface area contributed by atoms with Crippen molar-refractivity contribution in [1.82, 2.24) is 20.4 Å². The van der Waals surface area contributed by atoms with Crippen LogP contribution in [0.25, 0.3) is 0 Å². The molecule has 3 aliphatic rings. The van der Waals surface area contributed by atoms with Gasteiger partial charge in [0.05, 0.1) is 12.6 Å². The summed E-state index contributed by atoms with van der Waals surface area (Å²) in [7, 11) is 3.45. The summed E-state index contributed by atoms with van der Waals surface area (Å²) in [6.07, 6.45) is 3.66. The molecule has 1 aromatic carbocycles. The highest BCUT2D eigenvalue weighted by molar-refractivity contribution is 5.85. The zero-order valence-corrected chi connectivity index (χ0v) is 17.8. The summed E-state index contributed by atoms with van der Waals surface area (Å²) in [5, 5.41) is 6.86. The molecule has 4 rings (SSSR count). The van der Waals surface area contributed by atoms with Crippen LogP contribution in [-0.4, -0.2) is 74.0 Å². The number of carbonyl (C=O) groups is 2. The predicted molar refractivity (Wildman–Crippen MR) is 114 cm³/mol. The van der Waals surface area contributed by atoms with Gasteiger partial charge in [0.1, 0.15) is 12.3 Å². The average molecular weight is 414 g/mol. The number of rotatable bonds is 6. The fourth-order valence-corrected chi connectivity index (χ4v) is 4.02. The fraction of sp³-hybridized carbons (Fsp3) is 0.591. The number of likely N-dealkylation sites (N-methyl/N-ethyl adjacent to an activating group) is 1. The lowest BCUT2D eigenvalue weighted by molar-refractivity contribution is -0.128. The van der Waals surface area contributed by atoms with Gasteiger partial charge in [-0.15, -0.1) is 0 Å². The van der Waals surface area contributed by atoms with Gasteiger partial charge in [-0.2, -0.15) is 0 Å². The number of nitrogens with zero attached hydrogens (tertiary/aromatic N) is 3. The maximum Gasteiger partial charge on any atom is 0.243 e. The molecule has 2 heterocycles. The molecule has 1 saturated carbocycles. The summed E-state index contributed by atoms with van der Waals surface area (Å²) in [5.41, 5.74) is 1.09. The lowest BCUT2D eigenvalue weighted by Crippen LogP contribution is -2.43. The molecule has 8 nitrogen and oxygen atoms in total. The Morgan fingerprint density at radius 3 is 2.83 bits per heavy atom. The standard InChI is InChI=1S/C22H31N5O3/c1-26(2)21(29)13-24-22(23-12-15-11-20(28)27(14-15)16-7-8-16)25-18-9-10-30-19-6-4-3-5-17(18)19/h3-6,15-16,18H,7-14H2,1-2H3,(H2,23,24,25). The third kappa shape index (κ3) is 4.86. The van der Waals surface area contributed by atoms with Gasteiger partial charge in [-0.05, 0) is 18.9 Å².